The molecule has 0 amide bonds. The van der Waals surface area contributed by atoms with Crippen LogP contribution in [0.25, 0.3) is 0 Å². The van der Waals surface area contributed by atoms with Crippen LogP contribution in [0.15, 0.2) is 0 Å². The second-order valence-electron chi connectivity index (χ2n) is 5.35. The zero-order valence-corrected chi connectivity index (χ0v) is 16.6. The molecular formula is C16H37O3PSi. The van der Waals surface area contributed by atoms with Gasteiger partial charge in [-0.1, -0.05) is 38.5 Å². The van der Waals surface area contributed by atoms with Gasteiger partial charge in [0, 0.05) is 25.9 Å². The van der Waals surface area contributed by atoms with Crippen molar-refractivity contribution in [2.75, 3.05) is 26.0 Å². The van der Waals surface area contributed by atoms with Crippen LogP contribution in [0, 0.1) is 0 Å². The van der Waals surface area contributed by atoms with E-state index in [2.05, 4.69) is 9.24 Å². The molecule has 0 bridgehead atoms. The monoisotopic (exact) mass is 336 g/mol. The minimum atomic E-state index is -2.38. The Balaban J connectivity index is 3.76. The second kappa shape index (κ2) is 15.4. The number of unbranched alkanes of at least 4 members (excludes halogenated alkanes) is 7. The fraction of sp³-hybridized carbons (Fsp3) is 1.00. The predicted molar refractivity (Wildman–Crippen MR) is 97.0 cm³/mol. The Kier molecular flexibility index (Phi) is 15.8. The van der Waals surface area contributed by atoms with Crippen molar-refractivity contribution in [1.29, 1.82) is 0 Å². The van der Waals surface area contributed by atoms with E-state index in [0.29, 0.717) is 19.8 Å². The lowest BCUT2D eigenvalue weighted by molar-refractivity contribution is 0.0706. The van der Waals surface area contributed by atoms with E-state index in [-0.39, 0.29) is 0 Å². The van der Waals surface area contributed by atoms with Crippen molar-refractivity contribution in [1.82, 2.24) is 0 Å². The van der Waals surface area contributed by atoms with Gasteiger partial charge in [0.05, 0.1) is 0 Å². The van der Waals surface area contributed by atoms with Crippen molar-refractivity contribution in [3.8, 4) is 0 Å². The summed E-state index contributed by atoms with van der Waals surface area (Å²) in [5.74, 6) is 0. The van der Waals surface area contributed by atoms with Crippen molar-refractivity contribution in [2.24, 2.45) is 0 Å². The summed E-state index contributed by atoms with van der Waals surface area (Å²) < 4.78 is 17.6. The van der Waals surface area contributed by atoms with Gasteiger partial charge in [0.1, 0.15) is 0 Å². The third-order valence-corrected chi connectivity index (χ3v) is 7.09. The lowest BCUT2D eigenvalue weighted by Crippen LogP contribution is -2.45. The maximum atomic E-state index is 5.87. The van der Waals surface area contributed by atoms with E-state index in [1.54, 1.807) is 0 Å². The molecule has 0 aromatic rings. The van der Waals surface area contributed by atoms with Crippen LogP contribution in [0.2, 0.25) is 6.04 Å². The first-order valence-electron chi connectivity index (χ1n) is 8.86. The fourth-order valence-electron chi connectivity index (χ4n) is 2.55. The maximum Gasteiger partial charge on any atom is 0.500 e. The van der Waals surface area contributed by atoms with Gasteiger partial charge in [-0.15, -0.1) is 9.24 Å². The molecule has 21 heavy (non-hydrogen) atoms. The molecule has 0 N–H and O–H groups in total. The molecule has 0 aliphatic heterocycles. The molecule has 0 saturated heterocycles. The van der Waals surface area contributed by atoms with Crippen LogP contribution in [-0.2, 0) is 13.3 Å². The molecule has 0 spiro atoms. The Hall–Kier alpha value is 0.527. The van der Waals surface area contributed by atoms with Crippen LogP contribution < -0.4 is 0 Å². The van der Waals surface area contributed by atoms with Gasteiger partial charge >= 0.3 is 8.80 Å². The van der Waals surface area contributed by atoms with Crippen LogP contribution in [0.3, 0.4) is 0 Å². The fourth-order valence-corrected chi connectivity index (χ4v) is 5.52. The lowest BCUT2D eigenvalue weighted by atomic mass is 10.1. The molecule has 128 valence electrons. The molecule has 1 atom stereocenters. The highest BCUT2D eigenvalue weighted by molar-refractivity contribution is 7.16. The van der Waals surface area contributed by atoms with Gasteiger partial charge in [0.15, 0.2) is 0 Å². The normalized spacial score (nSPS) is 12.0. The van der Waals surface area contributed by atoms with E-state index in [1.165, 1.54) is 51.1 Å². The summed E-state index contributed by atoms with van der Waals surface area (Å²) in [6.45, 7) is 8.11. The Morgan fingerprint density at radius 3 is 1.38 bits per heavy atom. The molecule has 0 fully saturated rings. The van der Waals surface area contributed by atoms with E-state index >= 15 is 0 Å². The quantitative estimate of drug-likeness (QED) is 0.225. The van der Waals surface area contributed by atoms with Crippen LogP contribution in [0.4, 0.5) is 0 Å². The van der Waals surface area contributed by atoms with E-state index in [4.69, 9.17) is 13.3 Å². The summed E-state index contributed by atoms with van der Waals surface area (Å²) in [5.41, 5.74) is 0. The summed E-state index contributed by atoms with van der Waals surface area (Å²) in [6, 6.07) is 0.968. The summed E-state index contributed by atoms with van der Waals surface area (Å²) in [7, 11) is 0.422. The molecule has 0 radical (unpaired) electrons. The first kappa shape index (κ1) is 21.5. The standard InChI is InChI=1S/C16H37O3PSi/c1-4-17-21(18-5-2,19-6-3)16-14-12-10-8-7-9-11-13-15-20/h4-16,20H2,1-3H3. The molecule has 1 unspecified atom stereocenters. The van der Waals surface area contributed by atoms with Crippen molar-refractivity contribution in [3.63, 3.8) is 0 Å². The van der Waals surface area contributed by atoms with Crippen LogP contribution in [-0.4, -0.2) is 34.8 Å². The summed E-state index contributed by atoms with van der Waals surface area (Å²) in [6.07, 6.45) is 11.9. The first-order valence-corrected chi connectivity index (χ1v) is 11.6. The zero-order valence-electron chi connectivity index (χ0n) is 14.5. The average Bonchev–Trinajstić information content (AvgIpc) is 2.46. The SMILES string of the molecule is CCO[Si](CCCCCCCCCCP)(OCC)OCC. The minimum absolute atomic E-state index is 0.682. The van der Waals surface area contributed by atoms with Gasteiger partial charge < -0.3 is 13.3 Å². The summed E-state index contributed by atoms with van der Waals surface area (Å²) >= 11 is 0. The molecule has 5 heteroatoms. The Bertz CT molecular complexity index is 201. The largest absolute Gasteiger partial charge is 0.500 e. The van der Waals surface area contributed by atoms with Crippen LogP contribution in [0.5, 0.6) is 0 Å². The van der Waals surface area contributed by atoms with Gasteiger partial charge in [0.2, 0.25) is 0 Å². The molecule has 3 nitrogen and oxygen atoms in total. The highest BCUT2D eigenvalue weighted by Crippen LogP contribution is 2.20. The predicted octanol–water partition coefficient (Wildman–Crippen LogP) is 5.03. The summed E-state index contributed by atoms with van der Waals surface area (Å²) in [5, 5.41) is 0. The molecular weight excluding hydrogens is 299 g/mol. The third kappa shape index (κ3) is 11.7. The Morgan fingerprint density at radius 2 is 1.00 bits per heavy atom. The van der Waals surface area contributed by atoms with E-state index in [0.717, 1.165) is 12.5 Å². The van der Waals surface area contributed by atoms with Gasteiger partial charge in [-0.3, -0.25) is 0 Å². The van der Waals surface area contributed by atoms with Crippen LogP contribution >= 0.6 is 9.24 Å². The van der Waals surface area contributed by atoms with E-state index in [9.17, 15) is 0 Å². The van der Waals surface area contributed by atoms with Crippen molar-refractivity contribution in [3.05, 3.63) is 0 Å². The van der Waals surface area contributed by atoms with Crippen molar-refractivity contribution < 1.29 is 13.3 Å². The number of hydrogen-bond acceptors (Lipinski definition) is 3. The van der Waals surface area contributed by atoms with Crippen molar-refractivity contribution >= 4 is 18.0 Å². The Morgan fingerprint density at radius 1 is 0.619 bits per heavy atom. The zero-order chi connectivity index (χ0) is 15.8. The maximum absolute atomic E-state index is 5.87. The number of rotatable bonds is 16. The molecule has 0 rings (SSSR count). The second-order valence-corrected chi connectivity index (χ2v) is 8.66. The molecule has 0 aliphatic carbocycles. The molecule has 0 aromatic heterocycles. The molecule has 0 heterocycles. The smallest absolute Gasteiger partial charge is 0.374 e. The number of hydrogen-bond donors (Lipinski definition) is 0. The van der Waals surface area contributed by atoms with Gasteiger partial charge in [-0.05, 0) is 39.8 Å². The van der Waals surface area contributed by atoms with Gasteiger partial charge in [-0.2, -0.15) is 0 Å². The minimum Gasteiger partial charge on any atom is -0.374 e. The van der Waals surface area contributed by atoms with Gasteiger partial charge in [-0.25, -0.2) is 0 Å². The highest BCUT2D eigenvalue weighted by atomic mass is 31.0. The topological polar surface area (TPSA) is 27.7 Å². The van der Waals surface area contributed by atoms with Gasteiger partial charge in [0.25, 0.3) is 0 Å². The highest BCUT2D eigenvalue weighted by Gasteiger charge is 2.39. The first-order chi connectivity index (χ1) is 10.2. The summed E-state index contributed by atoms with van der Waals surface area (Å²) in [4.78, 5) is 0. The Labute approximate surface area is 136 Å². The molecule has 0 saturated carbocycles. The molecule has 0 aromatic carbocycles. The van der Waals surface area contributed by atoms with Crippen molar-refractivity contribution in [2.45, 2.75) is 78.2 Å². The average molecular weight is 337 g/mol. The third-order valence-electron chi connectivity index (χ3n) is 3.53. The molecule has 0 aliphatic rings. The van der Waals surface area contributed by atoms with E-state index in [1.807, 2.05) is 20.8 Å². The van der Waals surface area contributed by atoms with Crippen LogP contribution in [0.1, 0.15) is 72.1 Å². The van der Waals surface area contributed by atoms with E-state index < -0.39 is 8.80 Å². The lowest BCUT2D eigenvalue weighted by Gasteiger charge is -2.28.